The molecule has 4 aromatic heterocycles. The maximum Gasteiger partial charge on any atom is 1.00 e. The second kappa shape index (κ2) is 20.1. The normalized spacial score (nSPS) is 10.0. The quantitative estimate of drug-likeness (QED) is 0.131. The average molecular weight is 768 g/mol. The van der Waals surface area contributed by atoms with Gasteiger partial charge in [-0.2, -0.15) is 0 Å². The van der Waals surface area contributed by atoms with Crippen LogP contribution in [0.25, 0.3) is 21.8 Å². The summed E-state index contributed by atoms with van der Waals surface area (Å²) in [5, 5.41) is 11.4. The van der Waals surface area contributed by atoms with Gasteiger partial charge in [0.2, 0.25) is 0 Å². The summed E-state index contributed by atoms with van der Waals surface area (Å²) in [4.78, 5) is 63.9. The minimum absolute atomic E-state index is 0. The number of esters is 3. The molecule has 0 bridgehead atoms. The average Bonchev–Trinajstić information content (AvgIpc) is 3.13. The third-order valence-corrected chi connectivity index (χ3v) is 7.91. The van der Waals surface area contributed by atoms with E-state index in [1.807, 2.05) is 12.1 Å². The summed E-state index contributed by atoms with van der Waals surface area (Å²) in [5.74, 6) is -2.44. The van der Waals surface area contributed by atoms with Crippen molar-refractivity contribution in [3.63, 3.8) is 0 Å². The fourth-order valence-corrected chi connectivity index (χ4v) is 5.58. The summed E-state index contributed by atoms with van der Waals surface area (Å²) in [6, 6.07) is 16.7. The SMILES string of the molecule is C.COC(=O)c1cc(Cc2cc(C(=O)O)ccn2)cc2cc(Cl)cnc12.COC(=O)c1ccnc(Cc2cc(C(=O)OC)c3ncc(Cl)cc3c2)c1.[Li+].[OH-]. The van der Waals surface area contributed by atoms with Gasteiger partial charge in [-0.1, -0.05) is 30.6 Å². The van der Waals surface area contributed by atoms with Gasteiger partial charge in [0.15, 0.2) is 0 Å². The molecule has 6 rings (SSSR count). The van der Waals surface area contributed by atoms with E-state index in [2.05, 4.69) is 19.9 Å². The molecule has 0 aliphatic heterocycles. The fourth-order valence-electron chi connectivity index (χ4n) is 5.25. The second-order valence-electron chi connectivity index (χ2n) is 10.9. The van der Waals surface area contributed by atoms with Crippen LogP contribution in [0.15, 0.2) is 85.5 Å². The van der Waals surface area contributed by atoms with E-state index in [1.165, 1.54) is 52.1 Å². The van der Waals surface area contributed by atoms with E-state index < -0.39 is 23.9 Å². The molecule has 0 amide bonds. The maximum atomic E-state index is 12.1. The Morgan fingerprint density at radius 1 is 0.611 bits per heavy atom. The molecule has 0 radical (unpaired) electrons. The van der Waals surface area contributed by atoms with Gasteiger partial charge in [-0.15, -0.1) is 0 Å². The summed E-state index contributed by atoms with van der Waals surface area (Å²) < 4.78 is 14.4. The van der Waals surface area contributed by atoms with Gasteiger partial charge in [-0.25, -0.2) is 19.2 Å². The van der Waals surface area contributed by atoms with Crippen molar-refractivity contribution in [3.05, 3.63) is 140 Å². The Balaban J connectivity index is 0.000000354. The van der Waals surface area contributed by atoms with Gasteiger partial charge in [-0.3, -0.25) is 19.9 Å². The van der Waals surface area contributed by atoms with Crippen LogP contribution in [0.4, 0.5) is 0 Å². The van der Waals surface area contributed by atoms with Crippen molar-refractivity contribution in [2.24, 2.45) is 0 Å². The number of carboxylic acids is 1. The molecule has 0 unspecified atom stereocenters. The van der Waals surface area contributed by atoms with Crippen molar-refractivity contribution in [1.29, 1.82) is 0 Å². The first-order valence-electron chi connectivity index (χ1n) is 15.0. The van der Waals surface area contributed by atoms with Crippen LogP contribution in [-0.4, -0.2) is 75.7 Å². The van der Waals surface area contributed by atoms with Crippen LogP contribution in [-0.2, 0) is 27.1 Å². The van der Waals surface area contributed by atoms with Gasteiger partial charge >= 0.3 is 42.7 Å². The largest absolute Gasteiger partial charge is 1.00 e. The van der Waals surface area contributed by atoms with E-state index in [0.717, 1.165) is 16.5 Å². The fraction of sp³-hybridized carbons (Fsp3) is 0.158. The number of hydrogen-bond donors (Lipinski definition) is 1. The van der Waals surface area contributed by atoms with E-state index in [-0.39, 0.29) is 37.3 Å². The number of aromatic nitrogens is 4. The zero-order valence-corrected chi connectivity index (χ0v) is 30.3. The molecule has 0 aliphatic carbocycles. The summed E-state index contributed by atoms with van der Waals surface area (Å²) in [7, 11) is 3.94. The molecule has 16 heteroatoms. The molecule has 0 atom stereocenters. The van der Waals surface area contributed by atoms with Crippen LogP contribution < -0.4 is 18.9 Å². The number of carboxylic acid groups (broad SMARTS) is 1. The Kier molecular flexibility index (Phi) is 16.7. The number of methoxy groups -OCH3 is 3. The van der Waals surface area contributed by atoms with Crippen molar-refractivity contribution >= 4 is 68.9 Å². The van der Waals surface area contributed by atoms with Gasteiger partial charge in [0, 0.05) is 59.8 Å². The van der Waals surface area contributed by atoms with Crippen molar-refractivity contribution in [2.75, 3.05) is 21.3 Å². The molecule has 0 saturated heterocycles. The van der Waals surface area contributed by atoms with Gasteiger partial charge in [0.05, 0.1) is 64.7 Å². The summed E-state index contributed by atoms with van der Waals surface area (Å²) in [6.07, 6.45) is 6.71. The number of carbonyl (C=O) groups excluding carboxylic acids is 3. The molecule has 0 spiro atoms. The number of pyridine rings is 4. The Morgan fingerprint density at radius 3 is 1.43 bits per heavy atom. The topological polar surface area (TPSA) is 198 Å². The first kappa shape index (κ1) is 44.7. The van der Waals surface area contributed by atoms with Gasteiger partial charge in [0.25, 0.3) is 0 Å². The second-order valence-corrected chi connectivity index (χ2v) is 11.8. The van der Waals surface area contributed by atoms with Gasteiger partial charge in [0.1, 0.15) is 0 Å². The van der Waals surface area contributed by atoms with Crippen LogP contribution in [0.5, 0.6) is 0 Å². The number of fused-ring (bicyclic) bond motifs is 2. The van der Waals surface area contributed by atoms with Crippen LogP contribution in [0, 0.1) is 0 Å². The zero-order chi connectivity index (χ0) is 36.7. The molecule has 0 aliphatic rings. The summed E-state index contributed by atoms with van der Waals surface area (Å²) >= 11 is 12.0. The van der Waals surface area contributed by atoms with Crippen molar-refractivity contribution in [3.8, 4) is 0 Å². The number of nitrogens with zero attached hydrogens (tertiary/aromatic N) is 4. The molecule has 274 valence electrons. The summed E-state index contributed by atoms with van der Waals surface area (Å²) in [6.45, 7) is 0. The van der Waals surface area contributed by atoms with Crippen LogP contribution >= 0.6 is 23.2 Å². The van der Waals surface area contributed by atoms with E-state index >= 15 is 0 Å². The number of hydrogen-bond acceptors (Lipinski definition) is 12. The molecular formula is C38H33Cl2LiN4O9. The standard InChI is InChI=1S/C19H15ClN2O4.C18H13ClN2O4.CH4.Li.H2O/c1-25-18(23)12-3-4-21-15(9-12)6-11-5-13-8-14(20)10-22-17(13)16(7-11)19(24)26-2;1-25-18(24)15-6-10(4-12-7-13(19)9-21-16(12)15)5-14-8-11(17(22)23)2-3-20-14;;;/h3-5,7-10H,6H2,1-2H3;2-4,6-9H,5H2,1H3,(H,22,23);1H4;;1H2/q;;;+1;/p-1. The van der Waals surface area contributed by atoms with Gasteiger partial charge < -0.3 is 24.8 Å². The Labute approximate surface area is 332 Å². The Hall–Kier alpha value is -5.42. The number of carbonyl (C=O) groups is 4. The maximum absolute atomic E-state index is 12.1. The summed E-state index contributed by atoms with van der Waals surface area (Å²) in [5.41, 5.74) is 5.07. The monoisotopic (exact) mass is 766 g/mol. The van der Waals surface area contributed by atoms with Crippen molar-refractivity contribution in [1.82, 2.24) is 19.9 Å². The molecular weight excluding hydrogens is 734 g/mol. The van der Waals surface area contributed by atoms with Crippen LogP contribution in [0.1, 0.15) is 71.4 Å². The molecule has 6 aromatic rings. The van der Waals surface area contributed by atoms with Crippen LogP contribution in [0.3, 0.4) is 0 Å². The molecule has 13 nitrogen and oxygen atoms in total. The van der Waals surface area contributed by atoms with E-state index in [9.17, 15) is 19.2 Å². The third kappa shape index (κ3) is 10.8. The zero-order valence-electron chi connectivity index (χ0n) is 28.8. The predicted octanol–water partition coefficient (Wildman–Crippen LogP) is 4.27. The predicted molar refractivity (Wildman–Crippen MR) is 197 cm³/mol. The van der Waals surface area contributed by atoms with Crippen molar-refractivity contribution in [2.45, 2.75) is 20.3 Å². The van der Waals surface area contributed by atoms with Gasteiger partial charge in [-0.05, 0) is 71.8 Å². The molecule has 4 heterocycles. The third-order valence-electron chi connectivity index (χ3n) is 7.50. The number of halogens is 2. The van der Waals surface area contributed by atoms with E-state index in [1.54, 1.807) is 42.6 Å². The van der Waals surface area contributed by atoms with E-state index in [0.29, 0.717) is 67.4 Å². The van der Waals surface area contributed by atoms with E-state index in [4.69, 9.17) is 42.5 Å². The Morgan fingerprint density at radius 2 is 1.02 bits per heavy atom. The minimum Gasteiger partial charge on any atom is -0.870 e. The Bertz CT molecular complexity index is 2330. The molecule has 0 fully saturated rings. The smallest absolute Gasteiger partial charge is 0.870 e. The van der Waals surface area contributed by atoms with Crippen LogP contribution in [0.2, 0.25) is 10.0 Å². The number of aromatic carboxylic acids is 1. The number of benzene rings is 2. The molecule has 2 N–H and O–H groups in total. The first-order valence-corrected chi connectivity index (χ1v) is 15.8. The number of rotatable bonds is 8. The molecule has 54 heavy (non-hydrogen) atoms. The molecule has 2 aromatic carbocycles. The molecule has 0 saturated carbocycles. The number of ether oxygens (including phenoxy) is 3. The first-order chi connectivity index (χ1) is 24.5. The minimum atomic E-state index is -1.02. The van der Waals surface area contributed by atoms with Crippen molar-refractivity contribution < 1.29 is 62.8 Å².